The van der Waals surface area contributed by atoms with Gasteiger partial charge in [0.25, 0.3) is 0 Å². The van der Waals surface area contributed by atoms with Gasteiger partial charge in [-0.1, -0.05) is 0 Å². The highest BCUT2D eigenvalue weighted by molar-refractivity contribution is 5.90. The van der Waals surface area contributed by atoms with Crippen LogP contribution in [-0.2, 0) is 4.79 Å². The molecule has 1 aliphatic heterocycles. The zero-order chi connectivity index (χ0) is 13.8. The molecule has 1 saturated heterocycles. The van der Waals surface area contributed by atoms with Gasteiger partial charge in [-0.25, -0.2) is 4.98 Å². The molecule has 0 radical (unpaired) electrons. The average molecular weight is 274 g/mol. The number of nitrogens with one attached hydrogen (secondary N) is 2. The van der Waals surface area contributed by atoms with Crippen molar-refractivity contribution in [3.63, 3.8) is 0 Å². The minimum Gasteiger partial charge on any atom is -0.357 e. The maximum atomic E-state index is 11.8. The molecule has 2 N–H and O–H groups in total. The van der Waals surface area contributed by atoms with Crippen molar-refractivity contribution in [2.24, 2.45) is 0 Å². The van der Waals surface area contributed by atoms with Crippen molar-refractivity contribution in [2.45, 2.75) is 38.1 Å². The molecule has 2 heterocycles. The van der Waals surface area contributed by atoms with E-state index in [4.69, 9.17) is 0 Å². The number of pyridine rings is 1. The Kier molecular flexibility index (Phi) is 4.16. The molecule has 2 fully saturated rings. The lowest BCUT2D eigenvalue weighted by molar-refractivity contribution is -0.116. The maximum absolute atomic E-state index is 11.8. The Labute approximate surface area is 119 Å². The second-order valence-electron chi connectivity index (χ2n) is 5.63. The van der Waals surface area contributed by atoms with Crippen molar-refractivity contribution in [1.29, 1.82) is 0 Å². The van der Waals surface area contributed by atoms with Crippen LogP contribution in [0, 0.1) is 0 Å². The molecule has 1 aromatic heterocycles. The van der Waals surface area contributed by atoms with Crippen LogP contribution in [0.2, 0.25) is 0 Å². The van der Waals surface area contributed by atoms with E-state index in [2.05, 4.69) is 20.5 Å². The first kappa shape index (κ1) is 13.4. The van der Waals surface area contributed by atoms with Crippen molar-refractivity contribution in [3.8, 4) is 0 Å². The molecule has 0 bridgehead atoms. The molecule has 5 nitrogen and oxygen atoms in total. The van der Waals surface area contributed by atoms with Gasteiger partial charge in [0.15, 0.2) is 0 Å². The maximum Gasteiger partial charge on any atom is 0.225 e. The van der Waals surface area contributed by atoms with E-state index >= 15 is 0 Å². The van der Waals surface area contributed by atoms with Gasteiger partial charge in [0.1, 0.15) is 5.82 Å². The van der Waals surface area contributed by atoms with Gasteiger partial charge in [0.2, 0.25) is 5.91 Å². The lowest BCUT2D eigenvalue weighted by Crippen LogP contribution is -2.23. The van der Waals surface area contributed by atoms with Gasteiger partial charge in [-0.3, -0.25) is 4.79 Å². The number of hydrogen-bond donors (Lipinski definition) is 2. The van der Waals surface area contributed by atoms with Gasteiger partial charge < -0.3 is 15.5 Å². The molecule has 0 spiro atoms. The fourth-order valence-corrected chi connectivity index (χ4v) is 2.49. The van der Waals surface area contributed by atoms with Gasteiger partial charge in [-0.15, -0.1) is 0 Å². The van der Waals surface area contributed by atoms with Gasteiger partial charge in [0.05, 0.1) is 11.9 Å². The summed E-state index contributed by atoms with van der Waals surface area (Å²) in [6, 6.07) is 4.58. The summed E-state index contributed by atoms with van der Waals surface area (Å²) in [5.74, 6) is 1.06. The third kappa shape index (κ3) is 3.70. The van der Waals surface area contributed by atoms with E-state index in [9.17, 15) is 4.79 Å². The number of anilines is 2. The van der Waals surface area contributed by atoms with Gasteiger partial charge >= 0.3 is 0 Å². The second-order valence-corrected chi connectivity index (χ2v) is 5.63. The highest BCUT2D eigenvalue weighted by Crippen LogP contribution is 2.19. The number of amides is 1. The molecule has 1 aromatic rings. The third-order valence-corrected chi connectivity index (χ3v) is 3.82. The molecule has 0 aromatic carbocycles. The topological polar surface area (TPSA) is 57.3 Å². The molecular weight excluding hydrogens is 252 g/mol. The fourth-order valence-electron chi connectivity index (χ4n) is 2.49. The summed E-state index contributed by atoms with van der Waals surface area (Å²) >= 11 is 0. The van der Waals surface area contributed by atoms with Crippen molar-refractivity contribution < 1.29 is 4.79 Å². The molecule has 1 aliphatic carbocycles. The van der Waals surface area contributed by atoms with Gasteiger partial charge in [-0.2, -0.15) is 0 Å². The van der Waals surface area contributed by atoms with Crippen LogP contribution in [0.1, 0.15) is 32.1 Å². The molecule has 5 heteroatoms. The Hall–Kier alpha value is -1.62. The molecule has 0 unspecified atom stereocenters. The SMILES string of the molecule is O=C(CCNC1CC1)Nc1ccc(N2CCCC2)nc1. The quantitative estimate of drug-likeness (QED) is 0.830. The van der Waals surface area contributed by atoms with Crippen molar-refractivity contribution in [1.82, 2.24) is 10.3 Å². The summed E-state index contributed by atoms with van der Waals surface area (Å²) in [6.45, 7) is 2.94. The lowest BCUT2D eigenvalue weighted by atomic mass is 10.3. The number of carbonyl (C=O) groups is 1. The first-order valence-electron chi connectivity index (χ1n) is 7.55. The molecule has 1 amide bonds. The zero-order valence-corrected chi connectivity index (χ0v) is 11.8. The van der Waals surface area contributed by atoms with Crippen LogP contribution in [-0.4, -0.2) is 36.6 Å². The van der Waals surface area contributed by atoms with E-state index in [0.29, 0.717) is 12.5 Å². The Bertz CT molecular complexity index is 449. The van der Waals surface area contributed by atoms with E-state index in [1.165, 1.54) is 25.7 Å². The van der Waals surface area contributed by atoms with Gasteiger partial charge in [0, 0.05) is 32.1 Å². The normalized spacial score (nSPS) is 18.3. The Morgan fingerprint density at radius 1 is 1.30 bits per heavy atom. The fraction of sp³-hybridized carbons (Fsp3) is 0.600. The summed E-state index contributed by atoms with van der Waals surface area (Å²) in [5.41, 5.74) is 0.782. The summed E-state index contributed by atoms with van der Waals surface area (Å²) in [7, 11) is 0. The summed E-state index contributed by atoms with van der Waals surface area (Å²) in [5, 5.41) is 6.23. The molecule has 2 aliphatic rings. The van der Waals surface area contributed by atoms with Gasteiger partial charge in [-0.05, 0) is 37.8 Å². The third-order valence-electron chi connectivity index (χ3n) is 3.82. The highest BCUT2D eigenvalue weighted by Gasteiger charge is 2.20. The minimum absolute atomic E-state index is 0.0499. The van der Waals surface area contributed by atoms with Crippen molar-refractivity contribution >= 4 is 17.4 Å². The van der Waals surface area contributed by atoms with E-state index in [1.807, 2.05) is 12.1 Å². The number of nitrogens with zero attached hydrogens (tertiary/aromatic N) is 2. The minimum atomic E-state index is 0.0499. The second kappa shape index (κ2) is 6.22. The Balaban J connectivity index is 1.45. The van der Waals surface area contributed by atoms with E-state index < -0.39 is 0 Å². The Morgan fingerprint density at radius 3 is 2.75 bits per heavy atom. The lowest BCUT2D eigenvalue weighted by Gasteiger charge is -2.16. The van der Waals surface area contributed by atoms with E-state index in [0.717, 1.165) is 31.1 Å². The number of rotatable bonds is 6. The van der Waals surface area contributed by atoms with Crippen LogP contribution in [0.5, 0.6) is 0 Å². The highest BCUT2D eigenvalue weighted by atomic mass is 16.1. The predicted octanol–water partition coefficient (Wildman–Crippen LogP) is 1.76. The number of hydrogen-bond acceptors (Lipinski definition) is 4. The van der Waals surface area contributed by atoms with Crippen LogP contribution in [0.25, 0.3) is 0 Å². The first-order valence-corrected chi connectivity index (χ1v) is 7.55. The van der Waals surface area contributed by atoms with E-state index in [1.54, 1.807) is 6.20 Å². The molecular formula is C15H22N4O. The van der Waals surface area contributed by atoms with Crippen LogP contribution in [0.15, 0.2) is 18.3 Å². The standard InChI is InChI=1S/C15H22N4O/c20-15(7-8-16-12-3-4-12)18-13-5-6-14(17-11-13)19-9-1-2-10-19/h5-6,11-12,16H,1-4,7-10H2,(H,18,20). The molecule has 0 atom stereocenters. The largest absolute Gasteiger partial charge is 0.357 e. The van der Waals surface area contributed by atoms with Crippen LogP contribution >= 0.6 is 0 Å². The van der Waals surface area contributed by atoms with Crippen LogP contribution in [0.4, 0.5) is 11.5 Å². The van der Waals surface area contributed by atoms with Crippen LogP contribution < -0.4 is 15.5 Å². The molecule has 20 heavy (non-hydrogen) atoms. The number of carbonyl (C=O) groups excluding carboxylic acids is 1. The first-order chi connectivity index (χ1) is 9.81. The summed E-state index contributed by atoms with van der Waals surface area (Å²) in [6.07, 6.45) is 7.26. The van der Waals surface area contributed by atoms with E-state index in [-0.39, 0.29) is 5.91 Å². The van der Waals surface area contributed by atoms with Crippen molar-refractivity contribution in [2.75, 3.05) is 29.9 Å². The summed E-state index contributed by atoms with van der Waals surface area (Å²) in [4.78, 5) is 18.5. The number of aromatic nitrogens is 1. The smallest absolute Gasteiger partial charge is 0.225 e. The Morgan fingerprint density at radius 2 is 2.10 bits per heavy atom. The average Bonchev–Trinajstić information content (AvgIpc) is 3.11. The molecule has 3 rings (SSSR count). The van der Waals surface area contributed by atoms with Crippen LogP contribution in [0.3, 0.4) is 0 Å². The predicted molar refractivity (Wildman–Crippen MR) is 80.0 cm³/mol. The van der Waals surface area contributed by atoms with Crippen molar-refractivity contribution in [3.05, 3.63) is 18.3 Å². The zero-order valence-electron chi connectivity index (χ0n) is 11.8. The molecule has 108 valence electrons. The molecule has 1 saturated carbocycles. The monoisotopic (exact) mass is 274 g/mol. The summed E-state index contributed by atoms with van der Waals surface area (Å²) < 4.78 is 0.